The highest BCUT2D eigenvalue weighted by Gasteiger charge is 2.22. The molecular formula is C40H32N4S2. The highest BCUT2D eigenvalue weighted by Crippen LogP contribution is 2.37. The second-order valence-electron chi connectivity index (χ2n) is 12.5. The molecule has 0 atom stereocenters. The Balaban J connectivity index is 0.890. The molecule has 6 heteroatoms. The molecule has 224 valence electrons. The van der Waals surface area contributed by atoms with Crippen molar-refractivity contribution < 1.29 is 0 Å². The predicted octanol–water partition coefficient (Wildman–Crippen LogP) is 8.90. The van der Waals surface area contributed by atoms with Gasteiger partial charge in [0.1, 0.15) is 0 Å². The molecule has 0 aliphatic carbocycles. The Labute approximate surface area is 278 Å². The Morgan fingerprint density at radius 1 is 0.478 bits per heavy atom. The first kappa shape index (κ1) is 27.5. The van der Waals surface area contributed by atoms with Crippen LogP contribution in [0.3, 0.4) is 0 Å². The van der Waals surface area contributed by atoms with E-state index in [9.17, 15) is 0 Å². The Morgan fingerprint density at radius 3 is 1.28 bits per heavy atom. The van der Waals surface area contributed by atoms with Gasteiger partial charge >= 0.3 is 0 Å². The van der Waals surface area contributed by atoms with Gasteiger partial charge in [-0.05, 0) is 107 Å². The third-order valence-electron chi connectivity index (χ3n) is 9.87. The molecule has 8 aromatic carbocycles. The summed E-state index contributed by atoms with van der Waals surface area (Å²) < 4.78 is 0. The van der Waals surface area contributed by atoms with Gasteiger partial charge in [-0.25, -0.2) is 0 Å². The molecule has 0 saturated carbocycles. The first-order valence-corrected chi connectivity index (χ1v) is 16.8. The second kappa shape index (κ2) is 10.9. The summed E-state index contributed by atoms with van der Waals surface area (Å²) >= 11 is 11.9. The smallest absolute Gasteiger partial charge is 0.170 e. The fourth-order valence-electron chi connectivity index (χ4n) is 7.60. The van der Waals surface area contributed by atoms with Crippen molar-refractivity contribution in [2.75, 3.05) is 19.8 Å². The number of hydrogen-bond acceptors (Lipinski definition) is 2. The van der Waals surface area contributed by atoms with Crippen molar-refractivity contribution in [3.63, 3.8) is 0 Å². The molecule has 0 unspecified atom stereocenters. The first-order chi connectivity index (χ1) is 22.6. The van der Waals surface area contributed by atoms with Crippen molar-refractivity contribution in [3.8, 4) is 0 Å². The van der Waals surface area contributed by atoms with Crippen LogP contribution in [0.1, 0.15) is 17.5 Å². The van der Waals surface area contributed by atoms with Crippen LogP contribution in [0.25, 0.3) is 64.6 Å². The summed E-state index contributed by atoms with van der Waals surface area (Å²) in [6, 6.07) is 40.0. The van der Waals surface area contributed by atoms with E-state index in [0.717, 1.165) is 29.7 Å². The summed E-state index contributed by atoms with van der Waals surface area (Å²) in [5.74, 6) is 0. The zero-order valence-corrected chi connectivity index (χ0v) is 27.0. The Morgan fingerprint density at radius 2 is 0.848 bits per heavy atom. The molecule has 4 nitrogen and oxygen atoms in total. The average molecular weight is 633 g/mol. The molecule has 46 heavy (non-hydrogen) atoms. The second-order valence-corrected chi connectivity index (χ2v) is 13.3. The zero-order valence-electron chi connectivity index (χ0n) is 25.3. The number of nitrogens with one attached hydrogen (secondary N) is 2. The minimum absolute atomic E-state index is 0.675. The average Bonchev–Trinajstić information content (AvgIpc) is 3.11. The van der Waals surface area contributed by atoms with E-state index in [2.05, 4.69) is 130 Å². The fraction of sp³-hybridized carbons (Fsp3) is 0.150. The molecule has 1 saturated heterocycles. The molecule has 8 aromatic rings. The third-order valence-corrected chi connectivity index (χ3v) is 10.7. The largest absolute Gasteiger partial charge is 0.358 e. The minimum atomic E-state index is 0.675. The van der Waals surface area contributed by atoms with E-state index in [-0.39, 0.29) is 0 Å². The lowest BCUT2D eigenvalue weighted by Gasteiger charge is -2.38. The zero-order chi connectivity index (χ0) is 30.8. The predicted molar refractivity (Wildman–Crippen MR) is 202 cm³/mol. The van der Waals surface area contributed by atoms with Gasteiger partial charge in [0.15, 0.2) is 10.2 Å². The molecule has 1 aliphatic heterocycles. The van der Waals surface area contributed by atoms with E-state index in [4.69, 9.17) is 24.4 Å². The van der Waals surface area contributed by atoms with Crippen molar-refractivity contribution in [1.82, 2.24) is 20.4 Å². The number of nitrogens with zero attached hydrogens (tertiary/aromatic N) is 2. The van der Waals surface area contributed by atoms with Gasteiger partial charge in [0.2, 0.25) is 0 Å². The lowest BCUT2D eigenvalue weighted by molar-refractivity contribution is 0.209. The van der Waals surface area contributed by atoms with Crippen LogP contribution >= 0.6 is 24.4 Å². The summed E-state index contributed by atoms with van der Waals surface area (Å²) in [6.07, 6.45) is 1.00. The molecule has 0 aromatic heterocycles. The topological polar surface area (TPSA) is 30.5 Å². The van der Waals surface area contributed by atoms with Crippen molar-refractivity contribution in [3.05, 3.63) is 120 Å². The number of benzene rings is 8. The normalized spacial score (nSPS) is 14.0. The van der Waals surface area contributed by atoms with Crippen LogP contribution < -0.4 is 10.6 Å². The van der Waals surface area contributed by atoms with E-state index in [0.29, 0.717) is 19.8 Å². The molecule has 0 bridgehead atoms. The highest BCUT2D eigenvalue weighted by molar-refractivity contribution is 7.80. The SMILES string of the molecule is S=C(NCc1ccc2ccc3cccc4ccc1c2c34)N1CCCN(C(=S)NCc2ccc3ccc4cccc5ccc2c3c45)C1. The van der Waals surface area contributed by atoms with Crippen LogP contribution in [-0.4, -0.2) is 39.8 Å². The van der Waals surface area contributed by atoms with E-state index >= 15 is 0 Å². The third kappa shape index (κ3) is 4.47. The van der Waals surface area contributed by atoms with E-state index in [1.807, 2.05) is 0 Å². The number of hydrogen-bond donors (Lipinski definition) is 2. The maximum absolute atomic E-state index is 5.94. The molecule has 1 heterocycles. The van der Waals surface area contributed by atoms with Gasteiger partial charge < -0.3 is 20.4 Å². The molecule has 1 fully saturated rings. The fourth-order valence-corrected chi connectivity index (χ4v) is 8.04. The van der Waals surface area contributed by atoms with E-state index < -0.39 is 0 Å². The molecule has 9 rings (SSSR count). The van der Waals surface area contributed by atoms with Crippen molar-refractivity contribution in [1.29, 1.82) is 0 Å². The van der Waals surface area contributed by atoms with Gasteiger partial charge in [0.05, 0.1) is 6.67 Å². The Kier molecular flexibility index (Phi) is 6.54. The quantitative estimate of drug-likeness (QED) is 0.149. The molecule has 0 radical (unpaired) electrons. The molecular weight excluding hydrogens is 601 g/mol. The number of rotatable bonds is 4. The first-order valence-electron chi connectivity index (χ1n) is 16.0. The monoisotopic (exact) mass is 632 g/mol. The van der Waals surface area contributed by atoms with Gasteiger partial charge in [0, 0.05) is 26.2 Å². The van der Waals surface area contributed by atoms with Gasteiger partial charge in [0.25, 0.3) is 0 Å². The molecule has 1 aliphatic rings. The van der Waals surface area contributed by atoms with Crippen LogP contribution in [0.4, 0.5) is 0 Å². The lowest BCUT2D eigenvalue weighted by atomic mass is 9.92. The van der Waals surface area contributed by atoms with Gasteiger partial charge in [-0.2, -0.15) is 0 Å². The van der Waals surface area contributed by atoms with Gasteiger partial charge in [-0.15, -0.1) is 0 Å². The number of thiocarbonyl (C=S) groups is 2. The molecule has 0 spiro atoms. The molecule has 0 amide bonds. The lowest BCUT2D eigenvalue weighted by Crippen LogP contribution is -2.54. The molecule has 2 N–H and O–H groups in total. The summed E-state index contributed by atoms with van der Waals surface area (Å²) in [5, 5.41) is 24.3. The summed E-state index contributed by atoms with van der Waals surface area (Å²) in [7, 11) is 0. The standard InChI is InChI=1S/C40H32N4S2/c45-39(41-22-31-14-12-29-10-8-25-4-1-6-27-16-18-33(31)37(29)35(25)27)43-20-3-21-44(24-43)40(46)42-23-32-15-13-30-11-9-26-5-2-7-28-17-19-34(32)38(30)36(26)28/h1-2,4-19H,3,20-24H2,(H,41,45)(H,42,46). The van der Waals surface area contributed by atoms with Crippen LogP contribution in [-0.2, 0) is 13.1 Å². The van der Waals surface area contributed by atoms with Crippen molar-refractivity contribution in [2.45, 2.75) is 19.5 Å². The van der Waals surface area contributed by atoms with Gasteiger partial charge in [-0.3, -0.25) is 0 Å². The minimum Gasteiger partial charge on any atom is -0.358 e. The van der Waals surface area contributed by atoms with Crippen LogP contribution in [0, 0.1) is 0 Å². The Bertz CT molecular complexity index is 2250. The highest BCUT2D eigenvalue weighted by atomic mass is 32.1. The van der Waals surface area contributed by atoms with E-state index in [1.54, 1.807) is 0 Å². The summed E-state index contributed by atoms with van der Waals surface area (Å²) in [5.41, 5.74) is 2.51. The summed E-state index contributed by atoms with van der Waals surface area (Å²) in [6.45, 7) is 3.87. The maximum atomic E-state index is 5.94. The summed E-state index contributed by atoms with van der Waals surface area (Å²) in [4.78, 5) is 4.47. The van der Waals surface area contributed by atoms with Crippen LogP contribution in [0.2, 0.25) is 0 Å². The van der Waals surface area contributed by atoms with E-state index in [1.165, 1.54) is 75.8 Å². The maximum Gasteiger partial charge on any atom is 0.170 e. The van der Waals surface area contributed by atoms with Crippen LogP contribution in [0.15, 0.2) is 109 Å². The van der Waals surface area contributed by atoms with Crippen LogP contribution in [0.5, 0.6) is 0 Å². The Hall–Kier alpha value is -4.78. The van der Waals surface area contributed by atoms with Gasteiger partial charge in [-0.1, -0.05) is 109 Å². The van der Waals surface area contributed by atoms with Crippen molar-refractivity contribution in [2.24, 2.45) is 0 Å². The van der Waals surface area contributed by atoms with Crippen molar-refractivity contribution >= 4 is 99.3 Å².